The van der Waals surface area contributed by atoms with Crippen LogP contribution < -0.4 is 0 Å². The van der Waals surface area contributed by atoms with Gasteiger partial charge < -0.3 is 14.6 Å². The van der Waals surface area contributed by atoms with Gasteiger partial charge in [0.25, 0.3) is 0 Å². The lowest BCUT2D eigenvalue weighted by molar-refractivity contribution is -0.161. The predicted molar refractivity (Wildman–Crippen MR) is 269 cm³/mol. The summed E-state index contributed by atoms with van der Waals surface area (Å²) in [5.41, 5.74) is 0. The summed E-state index contributed by atoms with van der Waals surface area (Å²) in [6.45, 7) is 3.88. The van der Waals surface area contributed by atoms with E-state index in [1.54, 1.807) is 0 Å². The first kappa shape index (κ1) is 58.8. The Kier molecular flexibility index (Phi) is 49.5. The third kappa shape index (κ3) is 49.5. The van der Waals surface area contributed by atoms with Gasteiger partial charge in [-0.15, -0.1) is 0 Å². The molecule has 1 atom stereocenters. The van der Waals surface area contributed by atoms with Gasteiger partial charge >= 0.3 is 11.9 Å². The van der Waals surface area contributed by atoms with Gasteiger partial charge in [-0.05, 0) is 89.9 Å². The van der Waals surface area contributed by atoms with E-state index >= 15 is 0 Å². The van der Waals surface area contributed by atoms with Crippen molar-refractivity contribution in [1.82, 2.24) is 0 Å². The summed E-state index contributed by atoms with van der Waals surface area (Å²) < 4.78 is 10.6. The van der Waals surface area contributed by atoms with E-state index in [1.165, 1.54) is 116 Å². The summed E-state index contributed by atoms with van der Waals surface area (Å²) in [5.74, 6) is -0.638. The Bertz CT molecular complexity index is 1200. The molecule has 0 aliphatic carbocycles. The standard InChI is InChI=1S/C57H96O5/c1-3-5-7-9-11-13-15-17-19-20-21-22-23-24-25-26-27-28-29-30-31-32-33-34-35-36-38-40-42-44-46-48-50-52-57(60)62-55(53-58)54-61-56(59)51-49-47-45-43-41-39-37-18-16-14-12-10-8-6-4-2/h5-8,11-14,17-19,21-22,37,41,43,55,58H,3-4,9-10,15-16,20,23-36,38-40,42,44-54H2,1-2H3/b7-5-,8-6-,13-11-,14-12-,19-17-,22-21-,37-18-,43-41-. The monoisotopic (exact) mass is 861 g/mol. The Labute approximate surface area is 383 Å². The number of carbonyl (C=O) groups excluding carboxylic acids is 2. The molecule has 0 aliphatic rings. The van der Waals surface area contributed by atoms with Gasteiger partial charge in [-0.2, -0.15) is 0 Å². The summed E-state index contributed by atoms with van der Waals surface area (Å²) >= 11 is 0. The topological polar surface area (TPSA) is 72.8 Å². The molecule has 354 valence electrons. The van der Waals surface area contributed by atoms with Crippen molar-refractivity contribution in [1.29, 1.82) is 0 Å². The minimum Gasteiger partial charge on any atom is -0.462 e. The van der Waals surface area contributed by atoms with Crippen LogP contribution in [0, 0.1) is 0 Å². The zero-order chi connectivity index (χ0) is 44.9. The summed E-state index contributed by atoms with van der Waals surface area (Å²) in [4.78, 5) is 24.4. The van der Waals surface area contributed by atoms with E-state index in [9.17, 15) is 14.7 Å². The fourth-order valence-electron chi connectivity index (χ4n) is 7.07. The molecule has 0 amide bonds. The van der Waals surface area contributed by atoms with E-state index in [-0.39, 0.29) is 25.2 Å². The molecule has 5 nitrogen and oxygen atoms in total. The van der Waals surface area contributed by atoms with Crippen molar-refractivity contribution in [2.24, 2.45) is 0 Å². The predicted octanol–water partition coefficient (Wildman–Crippen LogP) is 17.2. The number of esters is 2. The molecule has 0 bridgehead atoms. The highest BCUT2D eigenvalue weighted by atomic mass is 16.6. The summed E-state index contributed by atoms with van der Waals surface area (Å²) in [6.07, 6.45) is 73.8. The average molecular weight is 861 g/mol. The van der Waals surface area contributed by atoms with E-state index < -0.39 is 6.10 Å². The minimum atomic E-state index is -0.792. The smallest absolute Gasteiger partial charge is 0.306 e. The van der Waals surface area contributed by atoms with Gasteiger partial charge in [0.1, 0.15) is 6.61 Å². The molecule has 0 aromatic carbocycles. The van der Waals surface area contributed by atoms with Crippen LogP contribution in [0.4, 0.5) is 0 Å². The van der Waals surface area contributed by atoms with E-state index in [4.69, 9.17) is 9.47 Å². The van der Waals surface area contributed by atoms with Gasteiger partial charge in [-0.3, -0.25) is 9.59 Å². The molecular formula is C57H96O5. The van der Waals surface area contributed by atoms with Crippen LogP contribution in [0.1, 0.15) is 232 Å². The number of aliphatic hydroxyl groups is 1. The van der Waals surface area contributed by atoms with Crippen LogP contribution in [-0.4, -0.2) is 36.4 Å². The Morgan fingerprint density at radius 1 is 0.371 bits per heavy atom. The zero-order valence-electron chi connectivity index (χ0n) is 40.4. The van der Waals surface area contributed by atoms with Crippen molar-refractivity contribution >= 4 is 11.9 Å². The molecule has 0 saturated carbocycles. The largest absolute Gasteiger partial charge is 0.462 e. The van der Waals surface area contributed by atoms with Crippen molar-refractivity contribution in [2.45, 2.75) is 238 Å². The number of rotatable bonds is 46. The van der Waals surface area contributed by atoms with Gasteiger partial charge in [-0.1, -0.05) is 227 Å². The number of ether oxygens (including phenoxy) is 2. The Morgan fingerprint density at radius 2 is 0.645 bits per heavy atom. The Balaban J connectivity index is 3.48. The fourth-order valence-corrected chi connectivity index (χ4v) is 7.07. The summed E-state index contributed by atoms with van der Waals surface area (Å²) in [6, 6.07) is 0. The lowest BCUT2D eigenvalue weighted by Gasteiger charge is -2.15. The molecule has 0 spiro atoms. The van der Waals surface area contributed by atoms with Gasteiger partial charge in [0.2, 0.25) is 0 Å². The fraction of sp³-hybridized carbons (Fsp3) is 0.684. The van der Waals surface area contributed by atoms with Crippen LogP contribution in [0.5, 0.6) is 0 Å². The average Bonchev–Trinajstić information content (AvgIpc) is 3.28. The number of hydrogen-bond donors (Lipinski definition) is 1. The van der Waals surface area contributed by atoms with Crippen LogP contribution in [0.3, 0.4) is 0 Å². The SMILES string of the molecule is CC/C=C\C/C=C\C/C=C\C/C=C\CCCCCCCCCCCCCCCCCCCCCCC(=O)OC(CO)COC(=O)CCCC/C=C\C/C=C\C/C=C\C/C=C\CC. The first-order valence-electron chi connectivity index (χ1n) is 25.8. The molecular weight excluding hydrogens is 765 g/mol. The van der Waals surface area contributed by atoms with E-state index in [0.29, 0.717) is 12.8 Å². The molecule has 1 unspecified atom stereocenters. The van der Waals surface area contributed by atoms with Gasteiger partial charge in [-0.25, -0.2) is 0 Å². The molecule has 5 heteroatoms. The van der Waals surface area contributed by atoms with Crippen molar-refractivity contribution in [3.8, 4) is 0 Å². The highest BCUT2D eigenvalue weighted by Gasteiger charge is 2.16. The lowest BCUT2D eigenvalue weighted by atomic mass is 10.0. The molecule has 0 fully saturated rings. The second-order valence-corrected chi connectivity index (χ2v) is 16.8. The molecule has 0 rings (SSSR count). The highest BCUT2D eigenvalue weighted by molar-refractivity contribution is 5.70. The van der Waals surface area contributed by atoms with Crippen LogP contribution in [0.25, 0.3) is 0 Å². The molecule has 0 saturated heterocycles. The molecule has 0 radical (unpaired) electrons. The lowest BCUT2D eigenvalue weighted by Crippen LogP contribution is -2.28. The molecule has 62 heavy (non-hydrogen) atoms. The zero-order valence-corrected chi connectivity index (χ0v) is 40.4. The quantitative estimate of drug-likeness (QED) is 0.0375. The third-order valence-electron chi connectivity index (χ3n) is 10.9. The van der Waals surface area contributed by atoms with E-state index in [2.05, 4.69) is 111 Å². The molecule has 0 aromatic heterocycles. The number of allylic oxidation sites excluding steroid dienone is 16. The number of aliphatic hydroxyl groups excluding tert-OH is 1. The van der Waals surface area contributed by atoms with Crippen LogP contribution in [0.15, 0.2) is 97.2 Å². The van der Waals surface area contributed by atoms with Crippen LogP contribution >= 0.6 is 0 Å². The van der Waals surface area contributed by atoms with Gasteiger partial charge in [0.05, 0.1) is 6.61 Å². The van der Waals surface area contributed by atoms with E-state index in [0.717, 1.165) is 89.9 Å². The van der Waals surface area contributed by atoms with Crippen molar-refractivity contribution in [2.75, 3.05) is 13.2 Å². The normalized spacial score (nSPS) is 13.0. The number of hydrogen-bond acceptors (Lipinski definition) is 5. The second kappa shape index (κ2) is 52.2. The maximum Gasteiger partial charge on any atom is 0.306 e. The van der Waals surface area contributed by atoms with Crippen LogP contribution in [-0.2, 0) is 19.1 Å². The second-order valence-electron chi connectivity index (χ2n) is 16.8. The number of unbranched alkanes of at least 4 members (excludes halogenated alkanes) is 22. The number of carbonyl (C=O) groups is 2. The van der Waals surface area contributed by atoms with Crippen molar-refractivity contribution in [3.63, 3.8) is 0 Å². The Hall–Kier alpha value is -3.18. The van der Waals surface area contributed by atoms with Gasteiger partial charge in [0, 0.05) is 12.8 Å². The van der Waals surface area contributed by atoms with Gasteiger partial charge in [0.15, 0.2) is 6.10 Å². The molecule has 0 heterocycles. The highest BCUT2D eigenvalue weighted by Crippen LogP contribution is 2.16. The van der Waals surface area contributed by atoms with Crippen LogP contribution in [0.2, 0.25) is 0 Å². The molecule has 0 aliphatic heterocycles. The van der Waals surface area contributed by atoms with Crippen molar-refractivity contribution in [3.05, 3.63) is 97.2 Å². The molecule has 1 N–H and O–H groups in total. The maximum atomic E-state index is 12.3. The first-order valence-corrected chi connectivity index (χ1v) is 25.8. The third-order valence-corrected chi connectivity index (χ3v) is 10.9. The maximum absolute atomic E-state index is 12.3. The molecule has 0 aromatic rings. The minimum absolute atomic E-state index is 0.0897. The summed E-state index contributed by atoms with van der Waals surface area (Å²) in [7, 11) is 0. The van der Waals surface area contributed by atoms with Crippen molar-refractivity contribution < 1.29 is 24.2 Å². The Morgan fingerprint density at radius 3 is 1.00 bits per heavy atom. The first-order chi connectivity index (χ1) is 30.6. The van der Waals surface area contributed by atoms with E-state index in [1.807, 2.05) is 0 Å². The summed E-state index contributed by atoms with van der Waals surface area (Å²) in [5, 5.41) is 9.61.